The molecule has 0 bridgehead atoms. The van der Waals surface area contributed by atoms with Gasteiger partial charge in [0.05, 0.1) is 12.7 Å². The van der Waals surface area contributed by atoms with Crippen molar-refractivity contribution in [3.8, 4) is 5.75 Å². The molecule has 3 rings (SSSR count). The molecular formula is C15H16O6. The van der Waals surface area contributed by atoms with Gasteiger partial charge < -0.3 is 24.1 Å². The summed E-state index contributed by atoms with van der Waals surface area (Å²) in [5, 5.41) is 19.8. The molecule has 2 N–H and O–H groups in total. The Morgan fingerprint density at radius 3 is 2.81 bits per heavy atom. The molecular weight excluding hydrogens is 276 g/mol. The average molecular weight is 292 g/mol. The number of benzene rings is 1. The predicted octanol–water partition coefficient (Wildman–Crippen LogP) is 0.948. The predicted molar refractivity (Wildman–Crippen MR) is 74.2 cm³/mol. The molecule has 6 heteroatoms. The summed E-state index contributed by atoms with van der Waals surface area (Å²) >= 11 is 0. The van der Waals surface area contributed by atoms with Gasteiger partial charge in [0, 0.05) is 23.9 Å². The quantitative estimate of drug-likeness (QED) is 0.801. The van der Waals surface area contributed by atoms with Crippen molar-refractivity contribution in [1.82, 2.24) is 0 Å². The van der Waals surface area contributed by atoms with E-state index in [9.17, 15) is 15.0 Å². The Balaban J connectivity index is 1.83. The summed E-state index contributed by atoms with van der Waals surface area (Å²) in [6.45, 7) is 1.86. The second kappa shape index (κ2) is 5.48. The van der Waals surface area contributed by atoms with Crippen molar-refractivity contribution in [2.45, 2.75) is 31.8 Å². The summed E-state index contributed by atoms with van der Waals surface area (Å²) in [7, 11) is 0. The first-order chi connectivity index (χ1) is 10.0. The Morgan fingerprint density at radius 1 is 1.24 bits per heavy atom. The SMILES string of the molecule is Cc1cc(=O)oc2cc(OC3CC(O)C(O)CO3)ccc12. The number of ether oxygens (including phenoxy) is 2. The Hall–Kier alpha value is -1.89. The first-order valence-corrected chi connectivity index (χ1v) is 6.72. The lowest BCUT2D eigenvalue weighted by atomic mass is 10.1. The van der Waals surface area contributed by atoms with Crippen LogP contribution >= 0.6 is 0 Å². The Bertz CT molecular complexity index is 707. The highest BCUT2D eigenvalue weighted by molar-refractivity contribution is 5.81. The molecule has 0 saturated carbocycles. The third kappa shape index (κ3) is 2.92. The fraction of sp³-hybridized carbons (Fsp3) is 0.400. The van der Waals surface area contributed by atoms with E-state index in [1.165, 1.54) is 6.07 Å². The van der Waals surface area contributed by atoms with Crippen molar-refractivity contribution in [1.29, 1.82) is 0 Å². The highest BCUT2D eigenvalue weighted by atomic mass is 16.7. The molecule has 1 aliphatic rings. The molecule has 112 valence electrons. The number of hydrogen-bond acceptors (Lipinski definition) is 6. The second-order valence-electron chi connectivity index (χ2n) is 5.16. The van der Waals surface area contributed by atoms with Crippen molar-refractivity contribution >= 4 is 11.0 Å². The number of rotatable bonds is 2. The smallest absolute Gasteiger partial charge is 0.336 e. The summed E-state index contributed by atoms with van der Waals surface area (Å²) in [4.78, 5) is 11.4. The second-order valence-corrected chi connectivity index (χ2v) is 5.16. The lowest BCUT2D eigenvalue weighted by molar-refractivity contribution is -0.182. The van der Waals surface area contributed by atoms with Gasteiger partial charge in [0.15, 0.2) is 0 Å². The van der Waals surface area contributed by atoms with Gasteiger partial charge >= 0.3 is 5.63 Å². The van der Waals surface area contributed by atoms with Crippen molar-refractivity contribution in [3.05, 3.63) is 40.2 Å². The van der Waals surface area contributed by atoms with Crippen molar-refractivity contribution in [2.24, 2.45) is 0 Å². The van der Waals surface area contributed by atoms with Crippen LogP contribution in [0.5, 0.6) is 5.75 Å². The maximum absolute atomic E-state index is 11.4. The molecule has 3 unspecified atom stereocenters. The first kappa shape index (κ1) is 14.1. The topological polar surface area (TPSA) is 89.1 Å². The fourth-order valence-electron chi connectivity index (χ4n) is 2.35. The third-order valence-corrected chi connectivity index (χ3v) is 3.52. The van der Waals surface area contributed by atoms with Gasteiger partial charge in [-0.05, 0) is 24.6 Å². The fourth-order valence-corrected chi connectivity index (χ4v) is 2.35. The first-order valence-electron chi connectivity index (χ1n) is 6.72. The molecule has 2 heterocycles. The molecule has 1 fully saturated rings. The van der Waals surface area contributed by atoms with E-state index in [1.54, 1.807) is 18.2 Å². The molecule has 0 aliphatic carbocycles. The Labute approximate surface area is 120 Å². The molecule has 0 spiro atoms. The van der Waals surface area contributed by atoms with Gasteiger partial charge in [-0.1, -0.05) is 0 Å². The lowest BCUT2D eigenvalue weighted by Gasteiger charge is -2.30. The maximum atomic E-state index is 11.4. The van der Waals surface area contributed by atoms with Crippen LogP contribution in [0, 0.1) is 6.92 Å². The van der Waals surface area contributed by atoms with Crippen molar-refractivity contribution in [3.63, 3.8) is 0 Å². The van der Waals surface area contributed by atoms with Gasteiger partial charge in [0.2, 0.25) is 6.29 Å². The minimum atomic E-state index is -0.887. The highest BCUT2D eigenvalue weighted by Crippen LogP contribution is 2.25. The van der Waals surface area contributed by atoms with Gasteiger partial charge in [0.25, 0.3) is 0 Å². The third-order valence-electron chi connectivity index (χ3n) is 3.52. The van der Waals surface area contributed by atoms with Crippen LogP contribution in [0.3, 0.4) is 0 Å². The highest BCUT2D eigenvalue weighted by Gasteiger charge is 2.29. The molecule has 6 nitrogen and oxygen atoms in total. The van der Waals surface area contributed by atoms with Gasteiger partial charge in [-0.15, -0.1) is 0 Å². The summed E-state index contributed by atoms with van der Waals surface area (Å²) in [5.41, 5.74) is 0.860. The molecule has 1 aromatic heterocycles. The van der Waals surface area contributed by atoms with E-state index >= 15 is 0 Å². The largest absolute Gasteiger partial charge is 0.465 e. The summed E-state index contributed by atoms with van der Waals surface area (Å²) < 4.78 is 16.1. The van der Waals surface area contributed by atoms with Crippen LogP contribution in [0.2, 0.25) is 0 Å². The molecule has 21 heavy (non-hydrogen) atoms. The van der Waals surface area contributed by atoms with E-state index in [0.717, 1.165) is 10.9 Å². The van der Waals surface area contributed by atoms with Crippen LogP contribution in [-0.4, -0.2) is 35.3 Å². The minimum absolute atomic E-state index is 0.0214. The van der Waals surface area contributed by atoms with Gasteiger partial charge in [-0.3, -0.25) is 0 Å². The number of aryl methyl sites for hydroxylation is 1. The van der Waals surface area contributed by atoms with E-state index in [1.807, 2.05) is 6.92 Å². The molecule has 3 atom stereocenters. The van der Waals surface area contributed by atoms with E-state index in [-0.39, 0.29) is 13.0 Å². The molecule has 2 aromatic rings. The molecule has 0 amide bonds. The summed E-state index contributed by atoms with van der Waals surface area (Å²) in [6.07, 6.45) is -2.22. The van der Waals surface area contributed by atoms with Crippen LogP contribution in [0.4, 0.5) is 0 Å². The van der Waals surface area contributed by atoms with Crippen LogP contribution in [-0.2, 0) is 4.74 Å². The zero-order valence-corrected chi connectivity index (χ0v) is 11.5. The number of fused-ring (bicyclic) bond motifs is 1. The Kier molecular flexibility index (Phi) is 3.67. The van der Waals surface area contributed by atoms with Crippen LogP contribution in [0.1, 0.15) is 12.0 Å². The Morgan fingerprint density at radius 2 is 2.05 bits per heavy atom. The van der Waals surface area contributed by atoms with Crippen molar-refractivity contribution < 1.29 is 24.1 Å². The zero-order valence-electron chi connectivity index (χ0n) is 11.5. The normalized spacial score (nSPS) is 26.0. The van der Waals surface area contributed by atoms with Gasteiger partial charge in [0.1, 0.15) is 17.4 Å². The average Bonchev–Trinajstić information content (AvgIpc) is 2.42. The van der Waals surface area contributed by atoms with E-state index < -0.39 is 24.1 Å². The number of aliphatic hydroxyl groups is 2. The van der Waals surface area contributed by atoms with E-state index in [2.05, 4.69) is 0 Å². The molecule has 1 aliphatic heterocycles. The number of hydrogen-bond donors (Lipinski definition) is 2. The summed E-state index contributed by atoms with van der Waals surface area (Å²) in [5.74, 6) is 0.477. The molecule has 1 saturated heterocycles. The van der Waals surface area contributed by atoms with Crippen LogP contribution in [0.15, 0.2) is 33.5 Å². The summed E-state index contributed by atoms with van der Waals surface area (Å²) in [6, 6.07) is 6.60. The standard InChI is InChI=1S/C15H16O6/c1-8-4-14(18)21-13-5-9(2-3-10(8)13)20-15-6-11(16)12(17)7-19-15/h2-5,11-12,15-17H,6-7H2,1H3. The van der Waals surface area contributed by atoms with Crippen LogP contribution in [0.25, 0.3) is 11.0 Å². The minimum Gasteiger partial charge on any atom is -0.465 e. The molecule has 0 radical (unpaired) electrons. The van der Waals surface area contributed by atoms with Crippen molar-refractivity contribution in [2.75, 3.05) is 6.61 Å². The maximum Gasteiger partial charge on any atom is 0.336 e. The number of aliphatic hydroxyl groups excluding tert-OH is 2. The van der Waals surface area contributed by atoms with E-state index in [4.69, 9.17) is 13.9 Å². The van der Waals surface area contributed by atoms with E-state index in [0.29, 0.717) is 11.3 Å². The molecule has 1 aromatic carbocycles. The lowest BCUT2D eigenvalue weighted by Crippen LogP contribution is -2.43. The van der Waals surface area contributed by atoms with Crippen LogP contribution < -0.4 is 10.4 Å². The van der Waals surface area contributed by atoms with Gasteiger partial charge in [-0.25, -0.2) is 4.79 Å². The monoisotopic (exact) mass is 292 g/mol. The zero-order chi connectivity index (χ0) is 15.0. The van der Waals surface area contributed by atoms with Gasteiger partial charge in [-0.2, -0.15) is 0 Å².